The van der Waals surface area contributed by atoms with Crippen LogP contribution < -0.4 is 5.73 Å². The van der Waals surface area contributed by atoms with Crippen LogP contribution in [0.5, 0.6) is 0 Å². The van der Waals surface area contributed by atoms with Crippen LogP contribution >= 0.6 is 11.3 Å². The summed E-state index contributed by atoms with van der Waals surface area (Å²) in [6, 6.07) is 2.38. The molecule has 1 aromatic rings. The lowest BCUT2D eigenvalue weighted by molar-refractivity contribution is 0.331. The highest BCUT2D eigenvalue weighted by Gasteiger charge is 2.23. The van der Waals surface area contributed by atoms with E-state index >= 15 is 0 Å². The van der Waals surface area contributed by atoms with E-state index in [-0.39, 0.29) is 11.5 Å². The van der Waals surface area contributed by atoms with E-state index in [1.807, 2.05) is 11.3 Å². The molecule has 0 aliphatic carbocycles. The Labute approximate surface area is 85.0 Å². The van der Waals surface area contributed by atoms with E-state index in [9.17, 15) is 0 Å². The summed E-state index contributed by atoms with van der Waals surface area (Å²) in [7, 11) is 0. The van der Waals surface area contributed by atoms with Gasteiger partial charge in [-0.1, -0.05) is 20.8 Å². The van der Waals surface area contributed by atoms with Crippen LogP contribution in [0.15, 0.2) is 6.07 Å². The van der Waals surface area contributed by atoms with Gasteiger partial charge in [0.15, 0.2) is 0 Å². The van der Waals surface area contributed by atoms with Gasteiger partial charge in [-0.3, -0.25) is 0 Å². The molecule has 0 spiro atoms. The number of rotatable bonds is 1. The zero-order chi connectivity index (χ0) is 10.2. The van der Waals surface area contributed by atoms with Crippen molar-refractivity contribution < 1.29 is 0 Å². The lowest BCUT2D eigenvalue weighted by Gasteiger charge is -2.25. The van der Waals surface area contributed by atoms with Gasteiger partial charge in [-0.15, -0.1) is 11.3 Å². The second kappa shape index (κ2) is 3.43. The van der Waals surface area contributed by atoms with Crippen molar-refractivity contribution in [1.29, 1.82) is 0 Å². The molecule has 0 saturated heterocycles. The van der Waals surface area contributed by atoms with E-state index in [0.29, 0.717) is 0 Å². The molecule has 1 heterocycles. The Balaban J connectivity index is 2.96. The molecule has 74 valence electrons. The van der Waals surface area contributed by atoms with Gasteiger partial charge in [-0.05, 0) is 30.9 Å². The van der Waals surface area contributed by atoms with E-state index in [0.717, 1.165) is 0 Å². The standard InChI is InChI=1S/C11H19NS/c1-7-6-9(13-8(7)2)10(12)11(3,4)5/h6,10H,12H2,1-5H3. The second-order valence-corrected chi connectivity index (χ2v) is 6.02. The van der Waals surface area contributed by atoms with E-state index in [2.05, 4.69) is 40.7 Å². The molecule has 1 rings (SSSR count). The Bertz CT molecular complexity index is 274. The van der Waals surface area contributed by atoms with Gasteiger partial charge < -0.3 is 5.73 Å². The van der Waals surface area contributed by atoms with Gasteiger partial charge in [0.2, 0.25) is 0 Å². The summed E-state index contributed by atoms with van der Waals surface area (Å²) >= 11 is 1.82. The fourth-order valence-electron chi connectivity index (χ4n) is 1.18. The number of thiophene rings is 1. The molecular formula is C11H19NS. The molecular weight excluding hydrogens is 178 g/mol. The zero-order valence-corrected chi connectivity index (χ0v) is 9.96. The first kappa shape index (κ1) is 10.7. The molecule has 0 saturated carbocycles. The molecule has 1 nitrogen and oxygen atoms in total. The maximum absolute atomic E-state index is 6.16. The van der Waals surface area contributed by atoms with E-state index in [4.69, 9.17) is 5.73 Å². The molecule has 2 heteroatoms. The highest BCUT2D eigenvalue weighted by atomic mass is 32.1. The van der Waals surface area contributed by atoms with Crippen molar-refractivity contribution in [2.24, 2.45) is 11.1 Å². The predicted octanol–water partition coefficient (Wildman–Crippen LogP) is 3.41. The molecule has 0 fully saturated rings. The van der Waals surface area contributed by atoms with Gasteiger partial charge in [0, 0.05) is 15.8 Å². The summed E-state index contributed by atoms with van der Waals surface area (Å²) < 4.78 is 0. The third-order valence-corrected chi connectivity index (χ3v) is 3.66. The number of hydrogen-bond donors (Lipinski definition) is 1. The summed E-state index contributed by atoms with van der Waals surface area (Å²) in [4.78, 5) is 2.69. The lowest BCUT2D eigenvalue weighted by Crippen LogP contribution is -2.25. The van der Waals surface area contributed by atoms with Gasteiger partial charge in [0.25, 0.3) is 0 Å². The Morgan fingerprint density at radius 1 is 1.31 bits per heavy atom. The normalized spacial score (nSPS) is 14.6. The number of aryl methyl sites for hydroxylation is 2. The average Bonchev–Trinajstić information content (AvgIpc) is 2.29. The van der Waals surface area contributed by atoms with Gasteiger partial charge in [-0.2, -0.15) is 0 Å². The van der Waals surface area contributed by atoms with Crippen LogP contribution in [0, 0.1) is 19.3 Å². The smallest absolute Gasteiger partial charge is 0.0439 e. The Morgan fingerprint density at radius 3 is 2.15 bits per heavy atom. The molecule has 0 aromatic carbocycles. The van der Waals surface area contributed by atoms with Gasteiger partial charge in [0.1, 0.15) is 0 Å². The minimum atomic E-state index is 0.156. The monoisotopic (exact) mass is 197 g/mol. The summed E-state index contributed by atoms with van der Waals surface area (Å²) in [5, 5.41) is 0. The number of hydrogen-bond acceptors (Lipinski definition) is 2. The summed E-state index contributed by atoms with van der Waals surface area (Å²) in [5.74, 6) is 0. The SMILES string of the molecule is Cc1cc(C(N)C(C)(C)C)sc1C. The van der Waals surface area contributed by atoms with Crippen LogP contribution in [0.25, 0.3) is 0 Å². The first-order valence-electron chi connectivity index (χ1n) is 4.65. The summed E-state index contributed by atoms with van der Waals surface area (Å²) in [5.41, 5.74) is 7.68. The molecule has 0 bridgehead atoms. The van der Waals surface area contributed by atoms with Gasteiger partial charge in [-0.25, -0.2) is 0 Å². The third-order valence-electron chi connectivity index (χ3n) is 2.42. The van der Waals surface area contributed by atoms with Crippen LogP contribution in [0.3, 0.4) is 0 Å². The molecule has 2 N–H and O–H groups in total. The Morgan fingerprint density at radius 2 is 1.85 bits per heavy atom. The van der Waals surface area contributed by atoms with Gasteiger partial charge >= 0.3 is 0 Å². The lowest BCUT2D eigenvalue weighted by atomic mass is 9.86. The van der Waals surface area contributed by atoms with Crippen LogP contribution in [-0.4, -0.2) is 0 Å². The molecule has 1 atom stereocenters. The topological polar surface area (TPSA) is 26.0 Å². The van der Waals surface area contributed by atoms with Crippen molar-refractivity contribution in [3.63, 3.8) is 0 Å². The molecule has 0 amide bonds. The van der Waals surface area contributed by atoms with E-state index in [1.165, 1.54) is 15.3 Å². The molecule has 0 aliphatic heterocycles. The second-order valence-electron chi connectivity index (χ2n) is 4.73. The largest absolute Gasteiger partial charge is 0.323 e. The third kappa shape index (κ3) is 2.32. The zero-order valence-electron chi connectivity index (χ0n) is 9.14. The molecule has 1 unspecified atom stereocenters. The highest BCUT2D eigenvalue weighted by Crippen LogP contribution is 2.35. The molecule has 0 aliphatic rings. The summed E-state index contributed by atoms with van der Waals surface area (Å²) in [6.07, 6.45) is 0. The van der Waals surface area contributed by atoms with Crippen LogP contribution in [-0.2, 0) is 0 Å². The first-order valence-corrected chi connectivity index (χ1v) is 5.46. The highest BCUT2D eigenvalue weighted by molar-refractivity contribution is 7.12. The van der Waals surface area contributed by atoms with Crippen LogP contribution in [0.4, 0.5) is 0 Å². The predicted molar refractivity (Wildman–Crippen MR) is 60.2 cm³/mol. The minimum Gasteiger partial charge on any atom is -0.323 e. The molecule has 13 heavy (non-hydrogen) atoms. The average molecular weight is 197 g/mol. The fraction of sp³-hybridized carbons (Fsp3) is 0.636. The molecule has 0 radical (unpaired) electrons. The van der Waals surface area contributed by atoms with Crippen molar-refractivity contribution in [2.75, 3.05) is 0 Å². The maximum atomic E-state index is 6.16. The quantitative estimate of drug-likeness (QED) is 0.733. The first-order chi connectivity index (χ1) is 5.82. The van der Waals surface area contributed by atoms with E-state index in [1.54, 1.807) is 0 Å². The van der Waals surface area contributed by atoms with E-state index < -0.39 is 0 Å². The number of nitrogens with two attached hydrogens (primary N) is 1. The van der Waals surface area contributed by atoms with Crippen molar-refractivity contribution in [1.82, 2.24) is 0 Å². The van der Waals surface area contributed by atoms with Crippen molar-refractivity contribution in [2.45, 2.75) is 40.7 Å². The Kier molecular flexibility index (Phi) is 2.83. The molecule has 1 aromatic heterocycles. The van der Waals surface area contributed by atoms with Crippen LogP contribution in [0.2, 0.25) is 0 Å². The Hall–Kier alpha value is -0.340. The van der Waals surface area contributed by atoms with Crippen molar-refractivity contribution >= 4 is 11.3 Å². The van der Waals surface area contributed by atoms with Crippen LogP contribution in [0.1, 0.15) is 42.1 Å². The van der Waals surface area contributed by atoms with Crippen molar-refractivity contribution in [3.05, 3.63) is 21.4 Å². The minimum absolute atomic E-state index is 0.156. The fourth-order valence-corrected chi connectivity index (χ4v) is 2.47. The van der Waals surface area contributed by atoms with Crippen molar-refractivity contribution in [3.8, 4) is 0 Å². The van der Waals surface area contributed by atoms with Gasteiger partial charge in [0.05, 0.1) is 0 Å². The maximum Gasteiger partial charge on any atom is 0.0439 e. The summed E-state index contributed by atoms with van der Waals surface area (Å²) in [6.45, 7) is 10.8.